The highest BCUT2D eigenvalue weighted by atomic mass is 32.2. The Morgan fingerprint density at radius 3 is 2.62 bits per heavy atom. The summed E-state index contributed by atoms with van der Waals surface area (Å²) in [5, 5.41) is 3.29. The SMILES string of the molecule is CN(c1ccc(C2=CSC3=N[C@@H]4CCCC[C@@H]4N23)cc1)S(C)(=O)=O. The number of nitrogens with zero attached hydrogens (tertiary/aromatic N) is 3. The maximum atomic E-state index is 11.7. The van der Waals surface area contributed by atoms with Crippen molar-refractivity contribution >= 4 is 38.3 Å². The molecule has 1 aromatic carbocycles. The van der Waals surface area contributed by atoms with Crippen molar-refractivity contribution in [2.75, 3.05) is 17.6 Å². The molecule has 0 spiro atoms. The number of sulfonamides is 1. The Morgan fingerprint density at radius 2 is 1.92 bits per heavy atom. The lowest BCUT2D eigenvalue weighted by atomic mass is 9.90. The van der Waals surface area contributed by atoms with Crippen molar-refractivity contribution in [1.82, 2.24) is 4.90 Å². The average molecular weight is 364 g/mol. The third kappa shape index (κ3) is 2.63. The first-order chi connectivity index (χ1) is 11.4. The summed E-state index contributed by atoms with van der Waals surface area (Å²) in [7, 11) is -1.66. The average Bonchev–Trinajstić information content (AvgIpc) is 3.12. The zero-order valence-corrected chi connectivity index (χ0v) is 15.5. The molecule has 1 aliphatic carbocycles. The van der Waals surface area contributed by atoms with E-state index in [4.69, 9.17) is 4.99 Å². The highest BCUT2D eigenvalue weighted by molar-refractivity contribution is 8.16. The Balaban J connectivity index is 1.60. The van der Waals surface area contributed by atoms with Gasteiger partial charge in [-0.05, 0) is 30.5 Å². The number of amidine groups is 1. The van der Waals surface area contributed by atoms with Gasteiger partial charge in [0.2, 0.25) is 10.0 Å². The first-order valence-electron chi connectivity index (χ1n) is 8.23. The molecule has 2 heterocycles. The molecule has 0 unspecified atom stereocenters. The van der Waals surface area contributed by atoms with Gasteiger partial charge in [-0.1, -0.05) is 36.7 Å². The molecule has 3 aliphatic rings. The van der Waals surface area contributed by atoms with E-state index in [1.165, 1.54) is 41.9 Å². The summed E-state index contributed by atoms with van der Waals surface area (Å²) in [6, 6.07) is 8.68. The van der Waals surface area contributed by atoms with Crippen LogP contribution in [0, 0.1) is 0 Å². The van der Waals surface area contributed by atoms with Gasteiger partial charge in [-0.2, -0.15) is 0 Å². The summed E-state index contributed by atoms with van der Waals surface area (Å²) in [6.45, 7) is 0. The van der Waals surface area contributed by atoms with Gasteiger partial charge >= 0.3 is 0 Å². The van der Waals surface area contributed by atoms with Crippen molar-refractivity contribution in [3.8, 4) is 0 Å². The van der Waals surface area contributed by atoms with Crippen molar-refractivity contribution in [2.45, 2.75) is 37.8 Å². The highest BCUT2D eigenvalue weighted by Crippen LogP contribution is 2.44. The zero-order valence-electron chi connectivity index (χ0n) is 13.8. The monoisotopic (exact) mass is 363 g/mol. The highest BCUT2D eigenvalue weighted by Gasteiger charge is 2.42. The van der Waals surface area contributed by atoms with E-state index < -0.39 is 10.0 Å². The molecule has 1 saturated carbocycles. The third-order valence-corrected chi connectivity index (χ3v) is 7.13. The van der Waals surface area contributed by atoms with Gasteiger partial charge in [0.05, 0.1) is 29.7 Å². The second-order valence-corrected chi connectivity index (χ2v) is 9.45. The topological polar surface area (TPSA) is 53.0 Å². The van der Waals surface area contributed by atoms with E-state index >= 15 is 0 Å². The van der Waals surface area contributed by atoms with E-state index in [2.05, 4.69) is 10.3 Å². The van der Waals surface area contributed by atoms with Gasteiger partial charge in [0.1, 0.15) is 0 Å². The summed E-state index contributed by atoms with van der Waals surface area (Å²) in [5.41, 5.74) is 2.99. The van der Waals surface area contributed by atoms with Crippen LogP contribution in [0.1, 0.15) is 31.2 Å². The van der Waals surface area contributed by atoms with Gasteiger partial charge in [0.15, 0.2) is 5.17 Å². The van der Waals surface area contributed by atoms with Crippen molar-refractivity contribution in [2.24, 2.45) is 4.99 Å². The van der Waals surface area contributed by atoms with Crippen molar-refractivity contribution in [1.29, 1.82) is 0 Å². The van der Waals surface area contributed by atoms with Crippen LogP contribution in [-0.2, 0) is 10.0 Å². The molecule has 128 valence electrons. The Morgan fingerprint density at radius 1 is 1.21 bits per heavy atom. The Labute approximate surface area is 147 Å². The first kappa shape index (κ1) is 16.0. The molecule has 2 atom stereocenters. The normalized spacial score (nSPS) is 25.8. The quantitative estimate of drug-likeness (QED) is 0.828. The molecule has 0 amide bonds. The fourth-order valence-corrected chi connectivity index (χ4v) is 5.18. The number of anilines is 1. The largest absolute Gasteiger partial charge is 0.315 e. The van der Waals surface area contributed by atoms with Crippen LogP contribution in [0.15, 0.2) is 34.7 Å². The molecule has 4 rings (SSSR count). The van der Waals surface area contributed by atoms with E-state index in [1.807, 2.05) is 24.3 Å². The van der Waals surface area contributed by atoms with Crippen LogP contribution in [0.4, 0.5) is 5.69 Å². The van der Waals surface area contributed by atoms with Crippen LogP contribution in [-0.4, -0.2) is 43.9 Å². The fourth-order valence-electron chi connectivity index (χ4n) is 3.66. The van der Waals surface area contributed by atoms with Crippen LogP contribution in [0.2, 0.25) is 0 Å². The van der Waals surface area contributed by atoms with Crippen LogP contribution in [0.5, 0.6) is 0 Å². The lowest BCUT2D eigenvalue weighted by Gasteiger charge is -2.32. The van der Waals surface area contributed by atoms with E-state index in [0.717, 1.165) is 10.7 Å². The summed E-state index contributed by atoms with van der Waals surface area (Å²) < 4.78 is 24.6. The minimum absolute atomic E-state index is 0.445. The Hall–Kier alpha value is -1.47. The van der Waals surface area contributed by atoms with Crippen molar-refractivity contribution in [3.05, 3.63) is 35.2 Å². The molecule has 1 fully saturated rings. The van der Waals surface area contributed by atoms with E-state index in [-0.39, 0.29) is 0 Å². The molecule has 0 radical (unpaired) electrons. The fraction of sp³-hybridized carbons (Fsp3) is 0.471. The molecule has 2 aliphatic heterocycles. The maximum absolute atomic E-state index is 11.7. The number of aliphatic imine (C=N–C) groups is 1. The summed E-state index contributed by atoms with van der Waals surface area (Å²) in [6.07, 6.45) is 6.16. The molecule has 24 heavy (non-hydrogen) atoms. The summed E-state index contributed by atoms with van der Waals surface area (Å²) >= 11 is 1.70. The lowest BCUT2D eigenvalue weighted by molar-refractivity contribution is 0.305. The molecule has 7 heteroatoms. The van der Waals surface area contributed by atoms with Gasteiger partial charge in [0.25, 0.3) is 0 Å². The predicted octanol–water partition coefficient (Wildman–Crippen LogP) is 3.11. The van der Waals surface area contributed by atoms with Crippen LogP contribution in [0.3, 0.4) is 0 Å². The molecule has 0 aromatic heterocycles. The number of benzene rings is 1. The van der Waals surface area contributed by atoms with Crippen molar-refractivity contribution < 1.29 is 8.42 Å². The molecule has 1 aromatic rings. The Kier molecular flexibility index (Phi) is 3.88. The molecular weight excluding hydrogens is 342 g/mol. The lowest BCUT2D eigenvalue weighted by Crippen LogP contribution is -2.38. The van der Waals surface area contributed by atoms with Crippen LogP contribution in [0.25, 0.3) is 5.70 Å². The number of rotatable bonds is 3. The molecular formula is C17H21N3O2S2. The van der Waals surface area contributed by atoms with Crippen molar-refractivity contribution in [3.63, 3.8) is 0 Å². The first-order valence-corrected chi connectivity index (χ1v) is 11.0. The maximum Gasteiger partial charge on any atom is 0.231 e. The summed E-state index contributed by atoms with van der Waals surface area (Å²) in [4.78, 5) is 7.28. The minimum Gasteiger partial charge on any atom is -0.315 e. The second-order valence-electron chi connectivity index (χ2n) is 6.60. The molecule has 0 N–H and O–H groups in total. The van der Waals surface area contributed by atoms with Crippen LogP contribution >= 0.6 is 11.8 Å². The standard InChI is InChI=1S/C17H21N3O2S2/c1-19(24(2,21)22)13-9-7-12(8-10-13)16-11-23-17-18-14-5-3-4-6-15(14)20(16)17/h7-11,14-15H,3-6H2,1-2H3/t14-,15+/m1/s1. The Bertz CT molecular complexity index is 815. The predicted molar refractivity (Wildman–Crippen MR) is 101 cm³/mol. The third-order valence-electron chi connectivity index (χ3n) is 5.07. The van der Waals surface area contributed by atoms with Gasteiger partial charge < -0.3 is 4.90 Å². The smallest absolute Gasteiger partial charge is 0.231 e. The number of hydrogen-bond donors (Lipinski definition) is 0. The number of thioether (sulfide) groups is 1. The molecule has 0 saturated heterocycles. The van der Waals surface area contributed by atoms with Gasteiger partial charge in [0, 0.05) is 12.5 Å². The van der Waals surface area contributed by atoms with Gasteiger partial charge in [-0.3, -0.25) is 9.30 Å². The molecule has 5 nitrogen and oxygen atoms in total. The van der Waals surface area contributed by atoms with Gasteiger partial charge in [-0.25, -0.2) is 8.42 Å². The molecule has 0 bridgehead atoms. The summed E-state index contributed by atoms with van der Waals surface area (Å²) in [5.74, 6) is 0. The number of fused-ring (bicyclic) bond motifs is 3. The van der Waals surface area contributed by atoms with E-state index in [1.54, 1.807) is 18.8 Å². The second kappa shape index (κ2) is 5.81. The number of hydrogen-bond acceptors (Lipinski definition) is 5. The minimum atomic E-state index is -3.23. The zero-order chi connectivity index (χ0) is 16.9. The van der Waals surface area contributed by atoms with Gasteiger partial charge in [-0.15, -0.1) is 0 Å². The van der Waals surface area contributed by atoms with Crippen LogP contribution < -0.4 is 4.31 Å². The van der Waals surface area contributed by atoms with E-state index in [9.17, 15) is 8.42 Å². The van der Waals surface area contributed by atoms with E-state index in [0.29, 0.717) is 17.8 Å².